The molecule has 1 aromatic heterocycles. The van der Waals surface area contributed by atoms with Crippen molar-refractivity contribution in [1.29, 1.82) is 0 Å². The van der Waals surface area contributed by atoms with Crippen LogP contribution in [-0.2, 0) is 6.18 Å². The maximum Gasteiger partial charge on any atom is 0.416 e. The van der Waals surface area contributed by atoms with Crippen molar-refractivity contribution in [3.8, 4) is 0 Å². The largest absolute Gasteiger partial charge is 0.416 e. The zero-order valence-corrected chi connectivity index (χ0v) is 10.3. The van der Waals surface area contributed by atoms with Gasteiger partial charge in [-0.2, -0.15) is 13.2 Å². The molecule has 0 aliphatic heterocycles. The summed E-state index contributed by atoms with van der Waals surface area (Å²) in [7, 11) is 0. The van der Waals surface area contributed by atoms with E-state index in [1.807, 2.05) is 0 Å². The van der Waals surface area contributed by atoms with Gasteiger partial charge in [0, 0.05) is 5.69 Å². The van der Waals surface area contributed by atoms with Crippen LogP contribution in [-0.4, -0.2) is 4.98 Å². The van der Waals surface area contributed by atoms with E-state index in [9.17, 15) is 13.2 Å². The van der Waals surface area contributed by atoms with E-state index in [0.29, 0.717) is 5.69 Å². The first kappa shape index (κ1) is 13.5. The summed E-state index contributed by atoms with van der Waals surface area (Å²) in [5.41, 5.74) is 5.43. The Labute approximate surface area is 112 Å². The molecular weight excluding hydrogens is 279 g/mol. The van der Waals surface area contributed by atoms with Gasteiger partial charge in [-0.25, -0.2) is 4.98 Å². The van der Waals surface area contributed by atoms with Gasteiger partial charge < -0.3 is 11.1 Å². The molecule has 0 atom stereocenters. The Bertz CT molecular complexity index is 599. The Balaban J connectivity index is 2.31. The first-order valence-corrected chi connectivity index (χ1v) is 5.60. The van der Waals surface area contributed by atoms with E-state index in [-0.39, 0.29) is 16.7 Å². The Kier molecular flexibility index (Phi) is 3.53. The van der Waals surface area contributed by atoms with Crippen LogP contribution < -0.4 is 11.1 Å². The summed E-state index contributed by atoms with van der Waals surface area (Å²) in [4.78, 5) is 3.91. The normalized spacial score (nSPS) is 11.4. The van der Waals surface area contributed by atoms with Gasteiger partial charge in [0.1, 0.15) is 5.15 Å². The van der Waals surface area contributed by atoms with Gasteiger partial charge in [0.25, 0.3) is 0 Å². The van der Waals surface area contributed by atoms with Crippen molar-refractivity contribution in [3.05, 3.63) is 47.1 Å². The Morgan fingerprint density at radius 2 is 1.89 bits per heavy atom. The number of nitrogens with one attached hydrogen (secondary N) is 1. The van der Waals surface area contributed by atoms with E-state index < -0.39 is 11.7 Å². The predicted molar refractivity (Wildman–Crippen MR) is 68.4 cm³/mol. The molecule has 0 radical (unpaired) electrons. The van der Waals surface area contributed by atoms with Crippen molar-refractivity contribution in [1.82, 2.24) is 4.98 Å². The molecule has 0 saturated carbocycles. The highest BCUT2D eigenvalue weighted by Gasteiger charge is 2.30. The number of rotatable bonds is 2. The lowest BCUT2D eigenvalue weighted by Gasteiger charge is -2.11. The zero-order valence-electron chi connectivity index (χ0n) is 9.50. The number of benzene rings is 1. The Morgan fingerprint density at radius 1 is 1.16 bits per heavy atom. The first-order chi connectivity index (χ1) is 8.86. The molecule has 0 fully saturated rings. The quantitative estimate of drug-likeness (QED) is 0.818. The molecule has 100 valence electrons. The van der Waals surface area contributed by atoms with Crippen LogP contribution in [0.25, 0.3) is 0 Å². The number of hydrogen-bond donors (Lipinski definition) is 2. The van der Waals surface area contributed by atoms with Crippen LogP contribution in [0.1, 0.15) is 5.56 Å². The highest BCUT2D eigenvalue weighted by atomic mass is 35.5. The number of nitrogen functional groups attached to an aromatic ring is 1. The van der Waals surface area contributed by atoms with Crippen LogP contribution in [0.2, 0.25) is 5.15 Å². The van der Waals surface area contributed by atoms with Crippen LogP contribution in [0.4, 0.5) is 30.4 Å². The summed E-state index contributed by atoms with van der Waals surface area (Å²) in [6, 6.07) is 7.75. The molecule has 0 unspecified atom stereocenters. The van der Waals surface area contributed by atoms with Crippen molar-refractivity contribution in [2.24, 2.45) is 0 Å². The van der Waals surface area contributed by atoms with Crippen LogP contribution in [0, 0.1) is 0 Å². The highest BCUT2D eigenvalue weighted by molar-refractivity contribution is 6.29. The fourth-order valence-corrected chi connectivity index (χ4v) is 1.60. The number of nitrogens with zero attached hydrogens (tertiary/aromatic N) is 1. The van der Waals surface area contributed by atoms with Gasteiger partial charge >= 0.3 is 6.18 Å². The van der Waals surface area contributed by atoms with E-state index in [1.54, 1.807) is 0 Å². The van der Waals surface area contributed by atoms with Crippen molar-refractivity contribution in [2.75, 3.05) is 11.1 Å². The number of alkyl halides is 3. The van der Waals surface area contributed by atoms with Gasteiger partial charge in [-0.1, -0.05) is 17.7 Å². The SMILES string of the molecule is Nc1ccc(Cl)nc1Nc1cccc(C(F)(F)F)c1. The second kappa shape index (κ2) is 4.97. The van der Waals surface area contributed by atoms with Crippen LogP contribution in [0.3, 0.4) is 0 Å². The van der Waals surface area contributed by atoms with Gasteiger partial charge in [-0.05, 0) is 30.3 Å². The van der Waals surface area contributed by atoms with Crippen LogP contribution in [0.15, 0.2) is 36.4 Å². The number of halogens is 4. The summed E-state index contributed by atoms with van der Waals surface area (Å²) >= 11 is 5.70. The fourth-order valence-electron chi connectivity index (χ4n) is 1.46. The number of aromatic nitrogens is 1. The topological polar surface area (TPSA) is 50.9 Å². The summed E-state index contributed by atoms with van der Waals surface area (Å²) in [6.45, 7) is 0. The monoisotopic (exact) mass is 287 g/mol. The second-order valence-electron chi connectivity index (χ2n) is 3.78. The van der Waals surface area contributed by atoms with Crippen LogP contribution >= 0.6 is 11.6 Å². The third-order valence-electron chi connectivity index (χ3n) is 2.35. The molecule has 3 N–H and O–H groups in total. The molecule has 3 nitrogen and oxygen atoms in total. The van der Waals surface area contributed by atoms with Crippen molar-refractivity contribution >= 4 is 28.8 Å². The predicted octanol–water partition coefficient (Wildman–Crippen LogP) is 4.08. The third-order valence-corrected chi connectivity index (χ3v) is 2.56. The van der Waals surface area contributed by atoms with Gasteiger partial charge in [0.2, 0.25) is 0 Å². The maximum absolute atomic E-state index is 12.6. The maximum atomic E-state index is 12.6. The molecule has 1 heterocycles. The van der Waals surface area contributed by atoms with E-state index in [4.69, 9.17) is 17.3 Å². The lowest BCUT2D eigenvalue weighted by atomic mass is 10.2. The minimum Gasteiger partial charge on any atom is -0.396 e. The molecule has 7 heteroatoms. The van der Waals surface area contributed by atoms with E-state index in [1.165, 1.54) is 24.3 Å². The fraction of sp³-hybridized carbons (Fsp3) is 0.0833. The Hall–Kier alpha value is -1.95. The average molecular weight is 288 g/mol. The minimum absolute atomic E-state index is 0.198. The molecule has 0 aliphatic carbocycles. The van der Waals surface area contributed by atoms with E-state index in [2.05, 4.69) is 10.3 Å². The van der Waals surface area contributed by atoms with Gasteiger partial charge in [-0.3, -0.25) is 0 Å². The molecule has 0 bridgehead atoms. The van der Waals surface area contributed by atoms with Crippen molar-refractivity contribution in [2.45, 2.75) is 6.18 Å². The lowest BCUT2D eigenvalue weighted by molar-refractivity contribution is -0.137. The lowest BCUT2D eigenvalue weighted by Crippen LogP contribution is -2.06. The smallest absolute Gasteiger partial charge is 0.396 e. The van der Waals surface area contributed by atoms with Gasteiger partial charge in [0.15, 0.2) is 5.82 Å². The third kappa shape index (κ3) is 3.29. The summed E-state index contributed by atoms with van der Waals surface area (Å²) in [6.07, 6.45) is -4.40. The summed E-state index contributed by atoms with van der Waals surface area (Å²) in [5, 5.41) is 2.90. The van der Waals surface area contributed by atoms with Gasteiger partial charge in [0.05, 0.1) is 11.3 Å². The molecule has 0 amide bonds. The average Bonchev–Trinajstić information content (AvgIpc) is 2.33. The second-order valence-corrected chi connectivity index (χ2v) is 4.16. The van der Waals surface area contributed by atoms with E-state index in [0.717, 1.165) is 12.1 Å². The molecule has 2 rings (SSSR count). The minimum atomic E-state index is -4.40. The Morgan fingerprint density at radius 3 is 2.58 bits per heavy atom. The van der Waals surface area contributed by atoms with Crippen molar-refractivity contribution < 1.29 is 13.2 Å². The molecule has 0 aliphatic rings. The standard InChI is InChI=1S/C12H9ClF3N3/c13-10-5-4-9(17)11(19-10)18-8-3-1-2-7(6-8)12(14,15)16/h1-6H,17H2,(H,18,19). The van der Waals surface area contributed by atoms with Crippen LogP contribution in [0.5, 0.6) is 0 Å². The number of pyridine rings is 1. The molecule has 19 heavy (non-hydrogen) atoms. The summed E-state index contributed by atoms with van der Waals surface area (Å²) in [5.74, 6) is 0.215. The first-order valence-electron chi connectivity index (χ1n) is 5.22. The molecule has 1 aromatic carbocycles. The zero-order chi connectivity index (χ0) is 14.0. The molecule has 0 saturated heterocycles. The molecular formula is C12H9ClF3N3. The number of hydrogen-bond acceptors (Lipinski definition) is 3. The number of anilines is 3. The number of nitrogens with two attached hydrogens (primary N) is 1. The van der Waals surface area contributed by atoms with Gasteiger partial charge in [-0.15, -0.1) is 0 Å². The highest BCUT2D eigenvalue weighted by Crippen LogP contribution is 2.32. The summed E-state index contributed by atoms with van der Waals surface area (Å²) < 4.78 is 37.7. The van der Waals surface area contributed by atoms with E-state index >= 15 is 0 Å². The van der Waals surface area contributed by atoms with Crippen molar-refractivity contribution in [3.63, 3.8) is 0 Å². The molecule has 2 aromatic rings. The molecule has 0 spiro atoms.